The van der Waals surface area contributed by atoms with Crippen LogP contribution in [0.15, 0.2) is 36.5 Å². The first kappa shape index (κ1) is 62.6. The van der Waals surface area contributed by atoms with Crippen molar-refractivity contribution in [1.82, 2.24) is 0 Å². The topological polar surface area (TPSA) is 78.9 Å². The van der Waals surface area contributed by atoms with E-state index in [1.54, 1.807) is 0 Å². The molecular weight excluding hydrogens is 805 g/mol. The first-order valence-electron chi connectivity index (χ1n) is 28.5. The SMILES string of the molecule is CC/C=C\C/C=C\C/C=C\CCCCCCCC(=O)OC[C@H](COC(=O)CCCCCCCCCCCCCCCCCCCCC)OC(=O)CCCCCCCCCCCCCCC. The molecule has 0 aromatic rings. The molecule has 0 aliphatic rings. The molecule has 6 heteroatoms. The van der Waals surface area contributed by atoms with Crippen molar-refractivity contribution in [2.45, 2.75) is 309 Å². The number of esters is 3. The van der Waals surface area contributed by atoms with Gasteiger partial charge >= 0.3 is 17.9 Å². The summed E-state index contributed by atoms with van der Waals surface area (Å²) in [5, 5.41) is 0. The highest BCUT2D eigenvalue weighted by Crippen LogP contribution is 2.17. The molecule has 0 saturated heterocycles. The van der Waals surface area contributed by atoms with Gasteiger partial charge < -0.3 is 14.2 Å². The molecule has 65 heavy (non-hydrogen) atoms. The van der Waals surface area contributed by atoms with Gasteiger partial charge in [0.1, 0.15) is 13.2 Å². The Bertz CT molecular complexity index is 1090. The second-order valence-corrected chi connectivity index (χ2v) is 19.2. The Morgan fingerprint density at radius 3 is 0.938 bits per heavy atom. The third-order valence-electron chi connectivity index (χ3n) is 12.7. The van der Waals surface area contributed by atoms with Crippen LogP contribution in [0.25, 0.3) is 0 Å². The van der Waals surface area contributed by atoms with Gasteiger partial charge in [0.2, 0.25) is 0 Å². The fourth-order valence-electron chi connectivity index (χ4n) is 8.40. The molecule has 0 radical (unpaired) electrons. The minimum atomic E-state index is -0.774. The molecule has 0 amide bonds. The quantitative estimate of drug-likeness (QED) is 0.0262. The summed E-state index contributed by atoms with van der Waals surface area (Å²) in [5.41, 5.74) is 0. The van der Waals surface area contributed by atoms with Gasteiger partial charge in [-0.1, -0.05) is 269 Å². The van der Waals surface area contributed by atoms with Crippen molar-refractivity contribution >= 4 is 17.9 Å². The lowest BCUT2D eigenvalue weighted by atomic mass is 10.0. The third-order valence-corrected chi connectivity index (χ3v) is 12.7. The van der Waals surface area contributed by atoms with Gasteiger partial charge in [0.25, 0.3) is 0 Å². The highest BCUT2D eigenvalue weighted by Gasteiger charge is 2.19. The number of ether oxygens (including phenoxy) is 3. The lowest BCUT2D eigenvalue weighted by Gasteiger charge is -2.18. The highest BCUT2D eigenvalue weighted by molar-refractivity contribution is 5.71. The Morgan fingerprint density at radius 1 is 0.323 bits per heavy atom. The molecule has 0 N–H and O–H groups in total. The van der Waals surface area contributed by atoms with E-state index >= 15 is 0 Å². The van der Waals surface area contributed by atoms with Crippen LogP contribution in [0.5, 0.6) is 0 Å². The molecule has 0 unspecified atom stereocenters. The maximum Gasteiger partial charge on any atom is 0.306 e. The molecule has 0 fully saturated rings. The van der Waals surface area contributed by atoms with E-state index in [-0.39, 0.29) is 31.1 Å². The largest absolute Gasteiger partial charge is 0.462 e. The zero-order chi connectivity index (χ0) is 47.2. The van der Waals surface area contributed by atoms with Gasteiger partial charge in [-0.2, -0.15) is 0 Å². The molecule has 0 aromatic heterocycles. The van der Waals surface area contributed by atoms with E-state index in [1.165, 1.54) is 167 Å². The number of hydrogen-bond donors (Lipinski definition) is 0. The standard InChI is InChI=1S/C59H108O6/c1-4-7-10-13-16-19-22-25-27-28-29-30-32-35-37-40-43-46-49-52-58(61)64-55-56(65-59(62)53-50-47-44-41-38-33-24-21-18-15-12-9-6-3)54-63-57(60)51-48-45-42-39-36-34-31-26-23-20-17-14-11-8-5-2/h8,11,17,20,26,31,56H,4-7,9-10,12-16,18-19,21-25,27-30,32-55H2,1-3H3/b11-8-,20-17-,31-26-/t56-/m1/s1. The fourth-order valence-corrected chi connectivity index (χ4v) is 8.40. The number of allylic oxidation sites excluding steroid dienone is 6. The van der Waals surface area contributed by atoms with Gasteiger partial charge in [-0.05, 0) is 51.4 Å². The van der Waals surface area contributed by atoms with E-state index in [4.69, 9.17) is 14.2 Å². The van der Waals surface area contributed by atoms with Crippen molar-refractivity contribution in [2.24, 2.45) is 0 Å². The second kappa shape index (κ2) is 54.2. The van der Waals surface area contributed by atoms with Crippen molar-refractivity contribution in [3.05, 3.63) is 36.5 Å². The van der Waals surface area contributed by atoms with Crippen LogP contribution >= 0.6 is 0 Å². The zero-order valence-electron chi connectivity index (χ0n) is 43.5. The second-order valence-electron chi connectivity index (χ2n) is 19.2. The number of carbonyl (C=O) groups excluding carboxylic acids is 3. The average Bonchev–Trinajstić information content (AvgIpc) is 3.30. The summed E-state index contributed by atoms with van der Waals surface area (Å²) in [4.78, 5) is 38.1. The molecule has 0 aliphatic heterocycles. The van der Waals surface area contributed by atoms with Gasteiger partial charge in [-0.15, -0.1) is 0 Å². The molecule has 380 valence electrons. The summed E-state index contributed by atoms with van der Waals surface area (Å²) in [6, 6.07) is 0. The summed E-state index contributed by atoms with van der Waals surface area (Å²) in [6.45, 7) is 6.56. The van der Waals surface area contributed by atoms with E-state index in [0.29, 0.717) is 19.3 Å². The molecular formula is C59H108O6. The summed E-state index contributed by atoms with van der Waals surface area (Å²) < 4.78 is 16.9. The van der Waals surface area contributed by atoms with E-state index in [0.717, 1.165) is 96.3 Å². The summed E-state index contributed by atoms with van der Waals surface area (Å²) in [5.74, 6) is -0.872. The molecule has 0 spiro atoms. The molecule has 0 aromatic carbocycles. The lowest BCUT2D eigenvalue weighted by molar-refractivity contribution is -0.167. The molecule has 0 heterocycles. The first-order chi connectivity index (χ1) is 32.0. The van der Waals surface area contributed by atoms with Crippen LogP contribution in [-0.2, 0) is 28.6 Å². The van der Waals surface area contributed by atoms with Crippen LogP contribution in [0.4, 0.5) is 0 Å². The third kappa shape index (κ3) is 52.5. The summed E-state index contributed by atoms with van der Waals surface area (Å²) in [7, 11) is 0. The maximum atomic E-state index is 12.8. The number of hydrogen-bond acceptors (Lipinski definition) is 6. The summed E-state index contributed by atoms with van der Waals surface area (Å²) in [6.07, 6.45) is 64.2. The minimum Gasteiger partial charge on any atom is -0.462 e. The van der Waals surface area contributed by atoms with Crippen LogP contribution in [0, 0.1) is 0 Å². The van der Waals surface area contributed by atoms with Crippen molar-refractivity contribution in [1.29, 1.82) is 0 Å². The zero-order valence-corrected chi connectivity index (χ0v) is 43.5. The van der Waals surface area contributed by atoms with Crippen LogP contribution < -0.4 is 0 Å². The van der Waals surface area contributed by atoms with Gasteiger partial charge in [0.15, 0.2) is 6.10 Å². The van der Waals surface area contributed by atoms with E-state index in [1.807, 2.05) is 0 Å². The van der Waals surface area contributed by atoms with E-state index in [9.17, 15) is 14.4 Å². The molecule has 6 nitrogen and oxygen atoms in total. The lowest BCUT2D eigenvalue weighted by Crippen LogP contribution is -2.30. The van der Waals surface area contributed by atoms with Gasteiger partial charge in [0.05, 0.1) is 0 Å². The Morgan fingerprint density at radius 2 is 0.600 bits per heavy atom. The minimum absolute atomic E-state index is 0.0728. The first-order valence-corrected chi connectivity index (χ1v) is 28.5. The van der Waals surface area contributed by atoms with Crippen LogP contribution in [-0.4, -0.2) is 37.2 Å². The molecule has 0 bridgehead atoms. The highest BCUT2D eigenvalue weighted by atomic mass is 16.6. The predicted octanol–water partition coefficient (Wildman–Crippen LogP) is 18.9. The smallest absolute Gasteiger partial charge is 0.306 e. The number of carbonyl (C=O) groups is 3. The average molecular weight is 914 g/mol. The van der Waals surface area contributed by atoms with Gasteiger partial charge in [-0.3, -0.25) is 14.4 Å². The molecule has 0 rings (SSSR count). The number of rotatable bonds is 52. The van der Waals surface area contributed by atoms with E-state index in [2.05, 4.69) is 57.2 Å². The molecule has 0 aliphatic carbocycles. The molecule has 1 atom stereocenters. The normalized spacial score (nSPS) is 12.2. The van der Waals surface area contributed by atoms with E-state index < -0.39 is 6.10 Å². The van der Waals surface area contributed by atoms with Crippen molar-refractivity contribution < 1.29 is 28.6 Å². The predicted molar refractivity (Wildman–Crippen MR) is 279 cm³/mol. The number of unbranched alkanes of at least 4 members (excludes halogenated alkanes) is 35. The maximum absolute atomic E-state index is 12.8. The van der Waals surface area contributed by atoms with Crippen LogP contribution in [0.3, 0.4) is 0 Å². The van der Waals surface area contributed by atoms with Gasteiger partial charge in [0, 0.05) is 19.3 Å². The summed E-state index contributed by atoms with van der Waals surface area (Å²) >= 11 is 0. The van der Waals surface area contributed by atoms with Crippen molar-refractivity contribution in [3.8, 4) is 0 Å². The Hall–Kier alpha value is -2.37. The van der Waals surface area contributed by atoms with Crippen molar-refractivity contribution in [2.75, 3.05) is 13.2 Å². The monoisotopic (exact) mass is 913 g/mol. The van der Waals surface area contributed by atoms with Crippen molar-refractivity contribution in [3.63, 3.8) is 0 Å². The van der Waals surface area contributed by atoms with Gasteiger partial charge in [-0.25, -0.2) is 0 Å². The Kier molecular flexibility index (Phi) is 52.3. The Balaban J connectivity index is 4.31. The fraction of sp³-hybridized carbons (Fsp3) is 0.847. The Labute approximate surface area is 404 Å². The van der Waals surface area contributed by atoms with Crippen LogP contribution in [0.2, 0.25) is 0 Å². The molecule has 0 saturated carbocycles. The van der Waals surface area contributed by atoms with Crippen LogP contribution in [0.1, 0.15) is 303 Å².